The van der Waals surface area contributed by atoms with Gasteiger partial charge >= 0.3 is 0 Å². The standard InChI is InChI=1S/C9H13N5OS/c1-15-3-2-6(10)8-5-16-9(12-8)7-4-11-14-13-7/h4-6H,2-3,10H2,1H3,(H,11,13,14). The summed E-state index contributed by atoms with van der Waals surface area (Å²) in [5, 5.41) is 13.0. The predicted molar refractivity (Wildman–Crippen MR) is 60.9 cm³/mol. The van der Waals surface area contributed by atoms with Crippen LogP contribution in [0.25, 0.3) is 10.7 Å². The van der Waals surface area contributed by atoms with E-state index in [1.165, 1.54) is 11.3 Å². The lowest BCUT2D eigenvalue weighted by atomic mass is 10.2. The van der Waals surface area contributed by atoms with Crippen LogP contribution in [0.4, 0.5) is 0 Å². The molecule has 0 amide bonds. The third kappa shape index (κ3) is 2.43. The van der Waals surface area contributed by atoms with Gasteiger partial charge < -0.3 is 10.5 Å². The molecule has 0 radical (unpaired) electrons. The van der Waals surface area contributed by atoms with E-state index in [1.807, 2.05) is 5.38 Å². The van der Waals surface area contributed by atoms with Crippen LogP contribution < -0.4 is 5.73 Å². The van der Waals surface area contributed by atoms with E-state index in [0.29, 0.717) is 6.61 Å². The third-order valence-corrected chi connectivity index (χ3v) is 3.05. The molecule has 0 saturated carbocycles. The van der Waals surface area contributed by atoms with Crippen LogP contribution in [0.15, 0.2) is 11.6 Å². The van der Waals surface area contributed by atoms with Crippen molar-refractivity contribution < 1.29 is 4.74 Å². The van der Waals surface area contributed by atoms with E-state index < -0.39 is 0 Å². The molecular formula is C9H13N5OS. The summed E-state index contributed by atoms with van der Waals surface area (Å²) in [5.41, 5.74) is 7.59. The largest absolute Gasteiger partial charge is 0.385 e. The van der Waals surface area contributed by atoms with Crippen LogP contribution in [0.5, 0.6) is 0 Å². The average molecular weight is 239 g/mol. The number of aromatic amines is 1. The number of aromatic nitrogens is 4. The molecule has 1 atom stereocenters. The normalized spacial score (nSPS) is 12.9. The molecule has 0 saturated heterocycles. The minimum atomic E-state index is -0.0862. The first-order chi connectivity index (χ1) is 7.81. The number of nitrogens with zero attached hydrogens (tertiary/aromatic N) is 3. The van der Waals surface area contributed by atoms with Gasteiger partial charge in [-0.1, -0.05) is 0 Å². The van der Waals surface area contributed by atoms with E-state index in [2.05, 4.69) is 20.4 Å². The van der Waals surface area contributed by atoms with Gasteiger partial charge in [-0.3, -0.25) is 0 Å². The molecule has 0 aliphatic rings. The maximum atomic E-state index is 5.97. The van der Waals surface area contributed by atoms with Crippen molar-refractivity contribution in [1.29, 1.82) is 0 Å². The number of ether oxygens (including phenoxy) is 1. The maximum absolute atomic E-state index is 5.97. The second kappa shape index (κ2) is 5.15. The molecule has 3 N–H and O–H groups in total. The molecule has 2 aromatic rings. The van der Waals surface area contributed by atoms with Gasteiger partial charge in [0.15, 0.2) is 0 Å². The van der Waals surface area contributed by atoms with Gasteiger partial charge in [-0.05, 0) is 6.42 Å². The Morgan fingerprint density at radius 3 is 3.19 bits per heavy atom. The smallest absolute Gasteiger partial charge is 0.145 e. The minimum absolute atomic E-state index is 0.0862. The Morgan fingerprint density at radius 1 is 1.62 bits per heavy atom. The van der Waals surface area contributed by atoms with Crippen molar-refractivity contribution >= 4 is 11.3 Å². The summed E-state index contributed by atoms with van der Waals surface area (Å²) in [6.07, 6.45) is 2.40. The number of rotatable bonds is 5. The molecular weight excluding hydrogens is 226 g/mol. The zero-order valence-electron chi connectivity index (χ0n) is 8.88. The first kappa shape index (κ1) is 11.2. The summed E-state index contributed by atoms with van der Waals surface area (Å²) in [6, 6.07) is -0.0862. The van der Waals surface area contributed by atoms with Gasteiger partial charge in [0, 0.05) is 19.1 Å². The fourth-order valence-corrected chi connectivity index (χ4v) is 2.11. The van der Waals surface area contributed by atoms with Crippen molar-refractivity contribution in [1.82, 2.24) is 20.4 Å². The van der Waals surface area contributed by atoms with Gasteiger partial charge in [0.2, 0.25) is 0 Å². The Balaban J connectivity index is 2.07. The zero-order chi connectivity index (χ0) is 11.4. The fourth-order valence-electron chi connectivity index (χ4n) is 1.27. The summed E-state index contributed by atoms with van der Waals surface area (Å²) in [7, 11) is 1.66. The molecule has 2 rings (SSSR count). The topological polar surface area (TPSA) is 89.7 Å². The predicted octanol–water partition coefficient (Wildman–Crippen LogP) is 0.965. The summed E-state index contributed by atoms with van der Waals surface area (Å²) in [6.45, 7) is 0.637. The molecule has 2 heterocycles. The molecule has 0 fully saturated rings. The van der Waals surface area contributed by atoms with Gasteiger partial charge in [0.1, 0.15) is 10.7 Å². The van der Waals surface area contributed by atoms with E-state index >= 15 is 0 Å². The average Bonchev–Trinajstić information content (AvgIpc) is 2.94. The van der Waals surface area contributed by atoms with Gasteiger partial charge in [0.25, 0.3) is 0 Å². The van der Waals surface area contributed by atoms with Crippen LogP contribution >= 0.6 is 11.3 Å². The monoisotopic (exact) mass is 239 g/mol. The van der Waals surface area contributed by atoms with E-state index in [-0.39, 0.29) is 6.04 Å². The molecule has 1 unspecified atom stereocenters. The van der Waals surface area contributed by atoms with E-state index in [4.69, 9.17) is 10.5 Å². The van der Waals surface area contributed by atoms with Crippen molar-refractivity contribution in [3.05, 3.63) is 17.3 Å². The molecule has 0 aliphatic carbocycles. The van der Waals surface area contributed by atoms with Crippen molar-refractivity contribution in [2.24, 2.45) is 5.73 Å². The van der Waals surface area contributed by atoms with Crippen LogP contribution in [-0.4, -0.2) is 34.1 Å². The molecule has 0 aromatic carbocycles. The number of hydrogen-bond acceptors (Lipinski definition) is 6. The second-order valence-electron chi connectivity index (χ2n) is 3.32. The molecule has 0 aliphatic heterocycles. The minimum Gasteiger partial charge on any atom is -0.385 e. The van der Waals surface area contributed by atoms with Crippen molar-refractivity contribution in [3.63, 3.8) is 0 Å². The van der Waals surface area contributed by atoms with Gasteiger partial charge in [-0.15, -0.1) is 11.3 Å². The molecule has 7 heteroatoms. The molecule has 0 bridgehead atoms. The Hall–Kier alpha value is -1.31. The van der Waals surface area contributed by atoms with Gasteiger partial charge in [0.05, 0.1) is 17.9 Å². The molecule has 6 nitrogen and oxygen atoms in total. The summed E-state index contributed by atoms with van der Waals surface area (Å²) in [5.74, 6) is 0. The summed E-state index contributed by atoms with van der Waals surface area (Å²) < 4.78 is 4.98. The first-order valence-electron chi connectivity index (χ1n) is 4.87. The number of hydrogen-bond donors (Lipinski definition) is 2. The highest BCUT2D eigenvalue weighted by Gasteiger charge is 2.12. The Morgan fingerprint density at radius 2 is 2.50 bits per heavy atom. The lowest BCUT2D eigenvalue weighted by Crippen LogP contribution is -2.12. The highest BCUT2D eigenvalue weighted by molar-refractivity contribution is 7.13. The Bertz CT molecular complexity index is 427. The highest BCUT2D eigenvalue weighted by Crippen LogP contribution is 2.24. The van der Waals surface area contributed by atoms with Crippen LogP contribution in [0, 0.1) is 0 Å². The van der Waals surface area contributed by atoms with E-state index in [9.17, 15) is 0 Å². The molecule has 0 spiro atoms. The molecule has 86 valence electrons. The summed E-state index contributed by atoms with van der Waals surface area (Å²) >= 11 is 1.51. The lowest BCUT2D eigenvalue weighted by molar-refractivity contribution is 0.188. The number of H-pyrrole nitrogens is 1. The van der Waals surface area contributed by atoms with Crippen LogP contribution in [0.2, 0.25) is 0 Å². The zero-order valence-corrected chi connectivity index (χ0v) is 9.70. The van der Waals surface area contributed by atoms with Gasteiger partial charge in [-0.25, -0.2) is 4.98 Å². The SMILES string of the molecule is COCCC(N)c1csc(-c2cn[nH]n2)n1. The fraction of sp³-hybridized carbons (Fsp3) is 0.444. The van der Waals surface area contributed by atoms with E-state index in [0.717, 1.165) is 22.8 Å². The summed E-state index contributed by atoms with van der Waals surface area (Å²) in [4.78, 5) is 4.42. The highest BCUT2D eigenvalue weighted by atomic mass is 32.1. The van der Waals surface area contributed by atoms with Crippen molar-refractivity contribution in [2.45, 2.75) is 12.5 Å². The van der Waals surface area contributed by atoms with E-state index in [1.54, 1.807) is 13.3 Å². The maximum Gasteiger partial charge on any atom is 0.145 e. The Kier molecular flexibility index (Phi) is 3.60. The van der Waals surface area contributed by atoms with Crippen LogP contribution in [0.3, 0.4) is 0 Å². The number of nitrogens with two attached hydrogens (primary N) is 1. The Labute approximate surface area is 96.8 Å². The van der Waals surface area contributed by atoms with Crippen LogP contribution in [-0.2, 0) is 4.74 Å². The molecule has 16 heavy (non-hydrogen) atoms. The van der Waals surface area contributed by atoms with Crippen LogP contribution in [0.1, 0.15) is 18.2 Å². The molecule has 2 aromatic heterocycles. The number of nitrogens with one attached hydrogen (secondary N) is 1. The van der Waals surface area contributed by atoms with Gasteiger partial charge in [-0.2, -0.15) is 15.4 Å². The first-order valence-corrected chi connectivity index (χ1v) is 5.75. The van der Waals surface area contributed by atoms with Crippen molar-refractivity contribution in [3.8, 4) is 10.7 Å². The third-order valence-electron chi connectivity index (χ3n) is 2.17. The lowest BCUT2D eigenvalue weighted by Gasteiger charge is -2.06. The van der Waals surface area contributed by atoms with Crippen molar-refractivity contribution in [2.75, 3.05) is 13.7 Å². The second-order valence-corrected chi connectivity index (χ2v) is 4.18. The quantitative estimate of drug-likeness (QED) is 0.811. The number of thiazole rings is 1. The number of methoxy groups -OCH3 is 1.